The summed E-state index contributed by atoms with van der Waals surface area (Å²) in [5, 5.41) is 0. The summed E-state index contributed by atoms with van der Waals surface area (Å²) < 4.78 is 0. The quantitative estimate of drug-likeness (QED) is 0.787. The number of rotatable bonds is 8. The van der Waals surface area contributed by atoms with Gasteiger partial charge in [-0.05, 0) is 17.4 Å². The molecule has 0 aromatic heterocycles. The van der Waals surface area contributed by atoms with Gasteiger partial charge in [0.25, 0.3) is 0 Å². The first-order chi connectivity index (χ1) is 9.37. The summed E-state index contributed by atoms with van der Waals surface area (Å²) in [4.78, 5) is 2.58. The second-order valence-corrected chi connectivity index (χ2v) is 7.11. The molecule has 2 nitrogen and oxygen atoms in total. The van der Waals surface area contributed by atoms with Gasteiger partial charge in [-0.3, -0.25) is 0 Å². The predicted molar refractivity (Wildman–Crippen MR) is 89.0 cm³/mol. The molecule has 0 spiro atoms. The van der Waals surface area contributed by atoms with E-state index in [1.165, 1.54) is 5.56 Å². The van der Waals surface area contributed by atoms with Crippen LogP contribution < -0.4 is 5.73 Å². The van der Waals surface area contributed by atoms with Gasteiger partial charge in [0.2, 0.25) is 0 Å². The van der Waals surface area contributed by atoms with Gasteiger partial charge < -0.3 is 10.6 Å². The van der Waals surface area contributed by atoms with Crippen LogP contribution in [0.25, 0.3) is 0 Å². The summed E-state index contributed by atoms with van der Waals surface area (Å²) in [6.07, 6.45) is 0. The Labute approximate surface area is 125 Å². The highest BCUT2D eigenvalue weighted by molar-refractivity contribution is 5.25. The average Bonchev–Trinajstić information content (AvgIpc) is 2.38. The van der Waals surface area contributed by atoms with Crippen molar-refractivity contribution in [3.63, 3.8) is 0 Å². The molecule has 0 amide bonds. The number of hydrogen-bond donors (Lipinski definition) is 1. The second-order valence-electron chi connectivity index (χ2n) is 7.11. The fourth-order valence-electron chi connectivity index (χ4n) is 2.84. The van der Waals surface area contributed by atoms with Crippen molar-refractivity contribution in [3.05, 3.63) is 35.9 Å². The fourth-order valence-corrected chi connectivity index (χ4v) is 2.84. The van der Waals surface area contributed by atoms with Crippen molar-refractivity contribution in [1.82, 2.24) is 4.90 Å². The lowest BCUT2D eigenvalue weighted by atomic mass is 9.81. The summed E-state index contributed by atoms with van der Waals surface area (Å²) >= 11 is 0. The van der Waals surface area contributed by atoms with E-state index in [1.807, 2.05) is 0 Å². The van der Waals surface area contributed by atoms with Gasteiger partial charge in [-0.2, -0.15) is 0 Å². The molecular formula is C18H32N2. The van der Waals surface area contributed by atoms with Crippen LogP contribution >= 0.6 is 0 Å². The van der Waals surface area contributed by atoms with Crippen LogP contribution in [-0.4, -0.2) is 31.1 Å². The third-order valence-electron chi connectivity index (χ3n) is 3.74. The molecule has 0 heterocycles. The van der Waals surface area contributed by atoms with Gasteiger partial charge in [-0.15, -0.1) is 0 Å². The SMILES string of the molecule is CC(C)CN(CC(C)C)CC(C)(CN)c1ccccc1. The maximum absolute atomic E-state index is 6.12. The van der Waals surface area contributed by atoms with E-state index in [4.69, 9.17) is 5.73 Å². The largest absolute Gasteiger partial charge is 0.330 e. The molecule has 0 aliphatic heterocycles. The standard InChI is InChI=1S/C18H32N2/c1-15(2)11-20(12-16(3)4)14-18(5,13-19)17-9-7-6-8-10-17/h6-10,15-16H,11-14,19H2,1-5H3. The lowest BCUT2D eigenvalue weighted by Crippen LogP contribution is -2.46. The molecular weight excluding hydrogens is 244 g/mol. The molecule has 0 fully saturated rings. The first-order valence-electron chi connectivity index (χ1n) is 7.85. The molecule has 20 heavy (non-hydrogen) atoms. The van der Waals surface area contributed by atoms with Crippen LogP contribution in [0.15, 0.2) is 30.3 Å². The van der Waals surface area contributed by atoms with Crippen LogP contribution in [0.5, 0.6) is 0 Å². The summed E-state index contributed by atoms with van der Waals surface area (Å²) in [5.41, 5.74) is 7.50. The molecule has 0 aliphatic rings. The van der Waals surface area contributed by atoms with Gasteiger partial charge in [-0.25, -0.2) is 0 Å². The van der Waals surface area contributed by atoms with E-state index in [2.05, 4.69) is 69.9 Å². The molecule has 1 unspecified atom stereocenters. The first kappa shape index (κ1) is 17.2. The van der Waals surface area contributed by atoms with Crippen molar-refractivity contribution < 1.29 is 0 Å². The van der Waals surface area contributed by atoms with Gasteiger partial charge in [0.15, 0.2) is 0 Å². The minimum atomic E-state index is 0.0328. The Kier molecular flexibility index (Phi) is 6.70. The summed E-state index contributed by atoms with van der Waals surface area (Å²) in [6.45, 7) is 15.4. The molecule has 1 rings (SSSR count). The molecule has 2 heteroatoms. The molecule has 0 aliphatic carbocycles. The molecule has 0 radical (unpaired) electrons. The van der Waals surface area contributed by atoms with Gasteiger partial charge >= 0.3 is 0 Å². The maximum atomic E-state index is 6.12. The van der Waals surface area contributed by atoms with Crippen molar-refractivity contribution in [2.75, 3.05) is 26.2 Å². The predicted octanol–water partition coefficient (Wildman–Crippen LogP) is 3.52. The third-order valence-corrected chi connectivity index (χ3v) is 3.74. The Morgan fingerprint density at radius 2 is 1.50 bits per heavy atom. The Hall–Kier alpha value is -0.860. The van der Waals surface area contributed by atoms with E-state index in [9.17, 15) is 0 Å². The molecule has 1 atom stereocenters. The van der Waals surface area contributed by atoms with Crippen LogP contribution in [0, 0.1) is 11.8 Å². The van der Waals surface area contributed by atoms with E-state index in [0.717, 1.165) is 19.6 Å². The highest BCUT2D eigenvalue weighted by Crippen LogP contribution is 2.24. The Balaban J connectivity index is 2.86. The second kappa shape index (κ2) is 7.80. The molecule has 114 valence electrons. The summed E-state index contributed by atoms with van der Waals surface area (Å²) in [6, 6.07) is 10.7. The Morgan fingerprint density at radius 1 is 1.00 bits per heavy atom. The van der Waals surface area contributed by atoms with Crippen LogP contribution in [0.4, 0.5) is 0 Å². The van der Waals surface area contributed by atoms with Crippen LogP contribution in [0.3, 0.4) is 0 Å². The monoisotopic (exact) mass is 276 g/mol. The van der Waals surface area contributed by atoms with Crippen LogP contribution in [0.2, 0.25) is 0 Å². The summed E-state index contributed by atoms with van der Waals surface area (Å²) in [5.74, 6) is 1.37. The van der Waals surface area contributed by atoms with Crippen molar-refractivity contribution in [1.29, 1.82) is 0 Å². The lowest BCUT2D eigenvalue weighted by molar-refractivity contribution is 0.178. The van der Waals surface area contributed by atoms with Crippen molar-refractivity contribution >= 4 is 0 Å². The summed E-state index contributed by atoms with van der Waals surface area (Å²) in [7, 11) is 0. The molecule has 0 saturated heterocycles. The third kappa shape index (κ3) is 5.26. The number of hydrogen-bond acceptors (Lipinski definition) is 2. The molecule has 2 N–H and O–H groups in total. The first-order valence-corrected chi connectivity index (χ1v) is 7.85. The van der Waals surface area contributed by atoms with Crippen LogP contribution in [-0.2, 0) is 5.41 Å². The average molecular weight is 276 g/mol. The van der Waals surface area contributed by atoms with E-state index >= 15 is 0 Å². The van der Waals surface area contributed by atoms with Crippen molar-refractivity contribution in [2.24, 2.45) is 17.6 Å². The zero-order valence-electron chi connectivity index (χ0n) is 13.9. The minimum Gasteiger partial charge on any atom is -0.330 e. The van der Waals surface area contributed by atoms with Crippen LogP contribution in [0.1, 0.15) is 40.2 Å². The van der Waals surface area contributed by atoms with E-state index in [1.54, 1.807) is 0 Å². The smallest absolute Gasteiger partial charge is 0.0174 e. The number of nitrogens with two attached hydrogens (primary N) is 1. The van der Waals surface area contributed by atoms with Gasteiger partial charge in [0.1, 0.15) is 0 Å². The number of nitrogens with zero attached hydrogens (tertiary/aromatic N) is 1. The topological polar surface area (TPSA) is 29.3 Å². The molecule has 0 bridgehead atoms. The van der Waals surface area contributed by atoms with E-state index in [0.29, 0.717) is 18.4 Å². The minimum absolute atomic E-state index is 0.0328. The van der Waals surface area contributed by atoms with Gasteiger partial charge in [-0.1, -0.05) is 65.0 Å². The fraction of sp³-hybridized carbons (Fsp3) is 0.667. The zero-order chi connectivity index (χ0) is 15.2. The molecule has 1 aromatic rings. The Morgan fingerprint density at radius 3 is 1.90 bits per heavy atom. The molecule has 1 aromatic carbocycles. The van der Waals surface area contributed by atoms with Gasteiger partial charge in [0.05, 0.1) is 0 Å². The number of benzene rings is 1. The van der Waals surface area contributed by atoms with E-state index < -0.39 is 0 Å². The maximum Gasteiger partial charge on any atom is 0.0174 e. The van der Waals surface area contributed by atoms with Crippen molar-refractivity contribution in [3.8, 4) is 0 Å². The Bertz CT molecular complexity index is 362. The molecule has 0 saturated carbocycles. The van der Waals surface area contributed by atoms with E-state index in [-0.39, 0.29) is 5.41 Å². The highest BCUT2D eigenvalue weighted by Gasteiger charge is 2.28. The lowest BCUT2D eigenvalue weighted by Gasteiger charge is -2.37. The zero-order valence-corrected chi connectivity index (χ0v) is 13.9. The normalized spacial score (nSPS) is 15.1. The highest BCUT2D eigenvalue weighted by atomic mass is 15.1. The van der Waals surface area contributed by atoms with Crippen molar-refractivity contribution in [2.45, 2.75) is 40.0 Å². The van der Waals surface area contributed by atoms with Gasteiger partial charge in [0, 0.05) is 31.6 Å².